The molecule has 0 heterocycles. The lowest BCUT2D eigenvalue weighted by Gasteiger charge is -2.14. The molecule has 0 radical (unpaired) electrons. The zero-order valence-electron chi connectivity index (χ0n) is 10.7. The van der Waals surface area contributed by atoms with E-state index < -0.39 is 0 Å². The molecule has 0 saturated carbocycles. The average Bonchev–Trinajstić information content (AvgIpc) is 2.28. The average molecular weight is 251 g/mol. The molecule has 18 heavy (non-hydrogen) atoms. The van der Waals surface area contributed by atoms with Crippen LogP contribution in [0.1, 0.15) is 20.3 Å². The number of hydrogen-bond acceptors (Lipinski definition) is 4. The van der Waals surface area contributed by atoms with Crippen molar-refractivity contribution < 1.29 is 19.1 Å². The second kappa shape index (κ2) is 6.64. The number of anilines is 1. The Bertz CT molecular complexity index is 431. The highest BCUT2D eigenvalue weighted by atomic mass is 16.5. The van der Waals surface area contributed by atoms with Crippen LogP contribution in [-0.4, -0.2) is 25.1 Å². The van der Waals surface area contributed by atoms with Gasteiger partial charge < -0.3 is 14.8 Å². The fraction of sp³-hybridized carbons (Fsp3) is 0.385. The largest absolute Gasteiger partial charge is 0.490 e. The van der Waals surface area contributed by atoms with E-state index in [1.165, 1.54) is 14.0 Å². The van der Waals surface area contributed by atoms with E-state index in [2.05, 4.69) is 10.1 Å². The van der Waals surface area contributed by atoms with Gasteiger partial charge >= 0.3 is 5.97 Å². The standard InChI is InChI=1S/C13H17NO4/c1-9(7-13(16)17-3)18-12-6-4-5-11(8-12)14-10(2)15/h4-6,8-9H,7H2,1-3H3,(H,14,15). The normalized spacial score (nSPS) is 11.5. The zero-order valence-corrected chi connectivity index (χ0v) is 10.7. The van der Waals surface area contributed by atoms with Crippen LogP contribution in [0.4, 0.5) is 5.69 Å². The monoisotopic (exact) mass is 251 g/mol. The number of nitrogens with one attached hydrogen (secondary N) is 1. The van der Waals surface area contributed by atoms with Crippen molar-refractivity contribution in [1.29, 1.82) is 0 Å². The molecule has 98 valence electrons. The lowest BCUT2D eigenvalue weighted by Crippen LogP contribution is -2.18. The maximum absolute atomic E-state index is 11.1. The number of benzene rings is 1. The summed E-state index contributed by atoms with van der Waals surface area (Å²) in [5, 5.41) is 2.66. The molecule has 0 fully saturated rings. The predicted molar refractivity (Wildman–Crippen MR) is 67.5 cm³/mol. The predicted octanol–water partition coefficient (Wildman–Crippen LogP) is 1.98. The van der Waals surface area contributed by atoms with Crippen LogP contribution in [-0.2, 0) is 14.3 Å². The van der Waals surface area contributed by atoms with Crippen molar-refractivity contribution in [3.8, 4) is 5.75 Å². The lowest BCUT2D eigenvalue weighted by molar-refractivity contribution is -0.142. The summed E-state index contributed by atoms with van der Waals surface area (Å²) in [6, 6.07) is 7.00. The van der Waals surface area contributed by atoms with Crippen molar-refractivity contribution in [2.75, 3.05) is 12.4 Å². The minimum absolute atomic E-state index is 0.144. The van der Waals surface area contributed by atoms with E-state index in [1.807, 2.05) is 0 Å². The van der Waals surface area contributed by atoms with Crippen molar-refractivity contribution in [1.82, 2.24) is 0 Å². The first-order chi connectivity index (χ1) is 8.51. The highest BCUT2D eigenvalue weighted by Gasteiger charge is 2.10. The number of carbonyl (C=O) groups is 2. The van der Waals surface area contributed by atoms with Crippen LogP contribution in [0.3, 0.4) is 0 Å². The molecule has 0 bridgehead atoms. The summed E-state index contributed by atoms with van der Waals surface area (Å²) in [6.45, 7) is 3.22. The first-order valence-electron chi connectivity index (χ1n) is 5.62. The molecule has 0 saturated heterocycles. The van der Waals surface area contributed by atoms with Gasteiger partial charge in [-0.25, -0.2) is 0 Å². The number of rotatable bonds is 5. The molecule has 1 unspecified atom stereocenters. The van der Waals surface area contributed by atoms with Crippen molar-refractivity contribution >= 4 is 17.6 Å². The molecule has 1 N–H and O–H groups in total. The maximum atomic E-state index is 11.1. The highest BCUT2D eigenvalue weighted by Crippen LogP contribution is 2.19. The Kier molecular flexibility index (Phi) is 5.17. The second-order valence-electron chi connectivity index (χ2n) is 3.92. The van der Waals surface area contributed by atoms with E-state index in [0.29, 0.717) is 11.4 Å². The Hall–Kier alpha value is -2.04. The third-order valence-electron chi connectivity index (χ3n) is 2.17. The van der Waals surface area contributed by atoms with Crippen LogP contribution in [0, 0.1) is 0 Å². The van der Waals surface area contributed by atoms with Gasteiger partial charge in [-0.05, 0) is 19.1 Å². The summed E-state index contributed by atoms with van der Waals surface area (Å²) >= 11 is 0. The van der Waals surface area contributed by atoms with E-state index in [0.717, 1.165) is 0 Å². The van der Waals surface area contributed by atoms with E-state index in [1.54, 1.807) is 31.2 Å². The van der Waals surface area contributed by atoms with Gasteiger partial charge in [-0.1, -0.05) is 6.07 Å². The summed E-state index contributed by atoms with van der Waals surface area (Å²) in [4.78, 5) is 22.0. The Morgan fingerprint density at radius 1 is 1.39 bits per heavy atom. The molecule has 1 aromatic rings. The number of carbonyl (C=O) groups excluding carboxylic acids is 2. The summed E-state index contributed by atoms with van der Waals surface area (Å²) in [6.07, 6.45) is -0.106. The van der Waals surface area contributed by atoms with Gasteiger partial charge in [0, 0.05) is 18.7 Å². The molecule has 0 aromatic heterocycles. The topological polar surface area (TPSA) is 64.6 Å². The van der Waals surface area contributed by atoms with E-state index >= 15 is 0 Å². The molecular weight excluding hydrogens is 234 g/mol. The molecule has 1 atom stereocenters. The Morgan fingerprint density at radius 2 is 2.11 bits per heavy atom. The second-order valence-corrected chi connectivity index (χ2v) is 3.92. The third-order valence-corrected chi connectivity index (χ3v) is 2.17. The molecule has 0 aliphatic carbocycles. The van der Waals surface area contributed by atoms with Gasteiger partial charge in [0.15, 0.2) is 0 Å². The zero-order chi connectivity index (χ0) is 13.5. The Morgan fingerprint density at radius 3 is 2.72 bits per heavy atom. The molecule has 1 aromatic carbocycles. The summed E-state index contributed by atoms with van der Waals surface area (Å²) < 4.78 is 10.1. The molecular formula is C13H17NO4. The molecule has 1 rings (SSSR count). The minimum Gasteiger partial charge on any atom is -0.490 e. The van der Waals surface area contributed by atoms with Crippen molar-refractivity contribution in [2.24, 2.45) is 0 Å². The van der Waals surface area contributed by atoms with Crippen molar-refractivity contribution in [3.05, 3.63) is 24.3 Å². The van der Waals surface area contributed by atoms with E-state index in [-0.39, 0.29) is 24.4 Å². The summed E-state index contributed by atoms with van der Waals surface area (Å²) in [5.41, 5.74) is 0.658. The first kappa shape index (κ1) is 14.0. The van der Waals surface area contributed by atoms with Crippen molar-refractivity contribution in [3.63, 3.8) is 0 Å². The van der Waals surface area contributed by atoms with E-state index in [9.17, 15) is 9.59 Å². The van der Waals surface area contributed by atoms with Crippen LogP contribution in [0.15, 0.2) is 24.3 Å². The van der Waals surface area contributed by atoms with Gasteiger partial charge in [0.2, 0.25) is 5.91 Å². The summed E-state index contributed by atoms with van der Waals surface area (Å²) in [5.74, 6) is 0.132. The van der Waals surface area contributed by atoms with Crippen LogP contribution in [0.25, 0.3) is 0 Å². The van der Waals surface area contributed by atoms with Gasteiger partial charge in [-0.15, -0.1) is 0 Å². The van der Waals surface area contributed by atoms with Crippen molar-refractivity contribution in [2.45, 2.75) is 26.4 Å². The SMILES string of the molecule is COC(=O)CC(C)Oc1cccc(NC(C)=O)c1. The highest BCUT2D eigenvalue weighted by molar-refractivity contribution is 5.88. The summed E-state index contributed by atoms with van der Waals surface area (Å²) in [7, 11) is 1.34. The number of methoxy groups -OCH3 is 1. The molecule has 0 spiro atoms. The third kappa shape index (κ3) is 4.86. The Balaban J connectivity index is 2.61. The fourth-order valence-electron chi connectivity index (χ4n) is 1.44. The molecule has 5 heteroatoms. The van der Waals surface area contributed by atoms with Gasteiger partial charge in [0.1, 0.15) is 11.9 Å². The number of hydrogen-bond donors (Lipinski definition) is 1. The van der Waals surface area contributed by atoms with Crippen LogP contribution in [0.5, 0.6) is 5.75 Å². The number of ether oxygens (including phenoxy) is 2. The molecule has 1 amide bonds. The number of amides is 1. The first-order valence-corrected chi connectivity index (χ1v) is 5.62. The van der Waals surface area contributed by atoms with E-state index in [4.69, 9.17) is 4.74 Å². The van der Waals surface area contributed by atoms with Gasteiger partial charge in [0.05, 0.1) is 13.5 Å². The maximum Gasteiger partial charge on any atom is 0.309 e. The number of esters is 1. The van der Waals surface area contributed by atoms with Gasteiger partial charge in [0.25, 0.3) is 0 Å². The fourth-order valence-corrected chi connectivity index (χ4v) is 1.44. The minimum atomic E-state index is -0.319. The molecule has 0 aliphatic heterocycles. The molecule has 0 aliphatic rings. The van der Waals surface area contributed by atoms with Crippen LogP contribution >= 0.6 is 0 Å². The van der Waals surface area contributed by atoms with Gasteiger partial charge in [-0.3, -0.25) is 9.59 Å². The van der Waals surface area contributed by atoms with Gasteiger partial charge in [-0.2, -0.15) is 0 Å². The lowest BCUT2D eigenvalue weighted by atomic mass is 10.2. The molecule has 5 nitrogen and oxygen atoms in total. The Labute approximate surface area is 106 Å². The smallest absolute Gasteiger partial charge is 0.309 e. The van der Waals surface area contributed by atoms with Crippen LogP contribution < -0.4 is 10.1 Å². The van der Waals surface area contributed by atoms with Crippen LogP contribution in [0.2, 0.25) is 0 Å². The quantitative estimate of drug-likeness (QED) is 0.813.